The molecule has 8 heteroatoms. The number of hydrogen-bond donors (Lipinski definition) is 1. The van der Waals surface area contributed by atoms with Crippen molar-refractivity contribution in [3.8, 4) is 5.75 Å². The Hall–Kier alpha value is -2.86. The second-order valence-electron chi connectivity index (χ2n) is 8.25. The molecule has 176 valence electrons. The van der Waals surface area contributed by atoms with E-state index in [0.29, 0.717) is 41.7 Å². The number of benzene rings is 2. The molecule has 2 aromatic rings. The van der Waals surface area contributed by atoms with Gasteiger partial charge >= 0.3 is 0 Å². The van der Waals surface area contributed by atoms with E-state index in [9.17, 15) is 14.0 Å². The molecule has 1 aliphatic rings. The van der Waals surface area contributed by atoms with Crippen molar-refractivity contribution in [2.75, 3.05) is 18.6 Å². The maximum Gasteiger partial charge on any atom is 0.224 e. The van der Waals surface area contributed by atoms with Crippen LogP contribution in [0.4, 0.5) is 10.1 Å². The lowest BCUT2D eigenvalue weighted by Crippen LogP contribution is -2.55. The summed E-state index contributed by atoms with van der Waals surface area (Å²) in [6.07, 6.45) is 1.14. The van der Waals surface area contributed by atoms with Crippen LogP contribution in [0.25, 0.3) is 0 Å². The molecule has 0 radical (unpaired) electrons. The lowest BCUT2D eigenvalue weighted by Gasteiger charge is -2.45. The Labute approximate surface area is 199 Å². The van der Waals surface area contributed by atoms with Crippen molar-refractivity contribution in [3.63, 3.8) is 0 Å². The zero-order chi connectivity index (χ0) is 24.0. The van der Waals surface area contributed by atoms with Gasteiger partial charge in [-0.2, -0.15) is 0 Å². The highest BCUT2D eigenvalue weighted by Gasteiger charge is 2.34. The third-order valence-corrected chi connectivity index (χ3v) is 5.97. The van der Waals surface area contributed by atoms with Gasteiger partial charge in [0.25, 0.3) is 0 Å². The molecule has 1 fully saturated rings. The first-order valence-electron chi connectivity index (χ1n) is 11.0. The summed E-state index contributed by atoms with van der Waals surface area (Å²) in [6.45, 7) is 7.26. The summed E-state index contributed by atoms with van der Waals surface area (Å²) in [7, 11) is 0. The summed E-state index contributed by atoms with van der Waals surface area (Å²) >= 11 is 6.11. The molecule has 0 aromatic heterocycles. The molecule has 0 aliphatic carbocycles. The number of nitrogens with zero attached hydrogens (tertiary/aromatic N) is 2. The normalized spacial score (nSPS) is 18.7. The Morgan fingerprint density at radius 2 is 1.97 bits per heavy atom. The lowest BCUT2D eigenvalue weighted by molar-refractivity contribution is -0.116. The number of piperazine rings is 1. The Morgan fingerprint density at radius 3 is 2.64 bits per heavy atom. The fourth-order valence-corrected chi connectivity index (χ4v) is 4.07. The van der Waals surface area contributed by atoms with E-state index in [1.165, 1.54) is 12.1 Å². The molecule has 1 heterocycles. The molecule has 6 nitrogen and oxygen atoms in total. The highest BCUT2D eigenvalue weighted by Crippen LogP contribution is 2.30. The summed E-state index contributed by atoms with van der Waals surface area (Å²) in [5, 5.41) is 3.35. The minimum absolute atomic E-state index is 0.0141. The first-order valence-corrected chi connectivity index (χ1v) is 11.4. The van der Waals surface area contributed by atoms with Gasteiger partial charge in [-0.25, -0.2) is 9.18 Å². The lowest BCUT2D eigenvalue weighted by atomic mass is 10.0. The Morgan fingerprint density at radius 1 is 1.24 bits per heavy atom. The third kappa shape index (κ3) is 6.35. The molecule has 1 aliphatic heterocycles. The van der Waals surface area contributed by atoms with E-state index >= 15 is 0 Å². The quantitative estimate of drug-likeness (QED) is 0.554. The van der Waals surface area contributed by atoms with Crippen LogP contribution in [0.5, 0.6) is 5.75 Å². The van der Waals surface area contributed by atoms with Crippen LogP contribution >= 0.6 is 11.6 Å². The van der Waals surface area contributed by atoms with Crippen molar-refractivity contribution in [2.45, 2.75) is 52.2 Å². The van der Waals surface area contributed by atoms with Gasteiger partial charge in [0.2, 0.25) is 5.91 Å². The van der Waals surface area contributed by atoms with Gasteiger partial charge in [-0.3, -0.25) is 9.69 Å². The average Bonchev–Trinajstić information content (AvgIpc) is 2.78. The fourth-order valence-electron chi connectivity index (χ4n) is 3.90. The van der Waals surface area contributed by atoms with Gasteiger partial charge in [0.15, 0.2) is 0 Å². The molecule has 1 saturated heterocycles. The number of anilines is 1. The van der Waals surface area contributed by atoms with Crippen LogP contribution in [-0.2, 0) is 16.1 Å². The smallest absolute Gasteiger partial charge is 0.224 e. The van der Waals surface area contributed by atoms with Gasteiger partial charge in [0.05, 0.1) is 11.7 Å². The third-order valence-electron chi connectivity index (χ3n) is 5.73. The largest absolute Gasteiger partial charge is 0.476 e. The predicted octanol–water partition coefficient (Wildman–Crippen LogP) is 4.86. The second kappa shape index (κ2) is 11.3. The summed E-state index contributed by atoms with van der Waals surface area (Å²) in [6, 6.07) is 11.1. The van der Waals surface area contributed by atoms with Crippen LogP contribution < -0.4 is 10.1 Å². The van der Waals surface area contributed by atoms with E-state index in [1.54, 1.807) is 30.3 Å². The summed E-state index contributed by atoms with van der Waals surface area (Å²) in [5.41, 5.74) is 1.96. The number of rotatable bonds is 8. The van der Waals surface area contributed by atoms with E-state index in [0.717, 1.165) is 12.0 Å². The molecule has 2 aromatic carbocycles. The Bertz CT molecular complexity index is 1020. The van der Waals surface area contributed by atoms with Gasteiger partial charge in [-0.1, -0.05) is 30.7 Å². The number of ether oxygens (including phenoxy) is 1. The number of halogens is 2. The predicted molar refractivity (Wildman–Crippen MR) is 127 cm³/mol. The molecule has 0 bridgehead atoms. The van der Waals surface area contributed by atoms with E-state index in [2.05, 4.69) is 11.3 Å². The Kier molecular flexibility index (Phi) is 8.50. The SMILES string of the molecule is CCCC(=O)Nc1cc(Cl)ccc1OCN1C[C@H](C)N(Cc2ccc(F)cc2)C(=C=O)[C@H]1C. The van der Waals surface area contributed by atoms with Gasteiger partial charge in [-0.05, 0) is 56.2 Å². The molecular weight excluding hydrogens is 445 g/mol. The first-order chi connectivity index (χ1) is 15.8. The standard InChI is InChI=1S/C25H29ClFN3O3/c1-4-5-25(32)28-22-12-20(26)8-11-24(22)33-16-29-13-17(2)30(23(15-31)18(29)3)14-19-6-9-21(27)10-7-19/h6-12,17-18H,4-5,13-14,16H2,1-3H3,(H,28,32)/t17-,18+/m0/s1. The van der Waals surface area contributed by atoms with Gasteiger partial charge < -0.3 is 15.0 Å². The minimum Gasteiger partial charge on any atom is -0.476 e. The van der Waals surface area contributed by atoms with Crippen molar-refractivity contribution in [1.82, 2.24) is 9.80 Å². The van der Waals surface area contributed by atoms with E-state index in [1.807, 2.05) is 30.6 Å². The van der Waals surface area contributed by atoms with Crippen molar-refractivity contribution in [2.24, 2.45) is 0 Å². The van der Waals surface area contributed by atoms with Crippen molar-refractivity contribution < 1.29 is 18.7 Å². The van der Waals surface area contributed by atoms with Crippen LogP contribution in [0.1, 0.15) is 39.2 Å². The number of carbonyl (C=O) groups is 1. The van der Waals surface area contributed by atoms with Crippen LogP contribution in [0, 0.1) is 5.82 Å². The molecule has 0 unspecified atom stereocenters. The number of nitrogens with one attached hydrogen (secondary N) is 1. The number of amides is 1. The van der Waals surface area contributed by atoms with Crippen LogP contribution in [0.2, 0.25) is 5.02 Å². The van der Waals surface area contributed by atoms with Crippen molar-refractivity contribution in [3.05, 3.63) is 64.6 Å². The van der Waals surface area contributed by atoms with Gasteiger partial charge in [-0.15, -0.1) is 0 Å². The summed E-state index contributed by atoms with van der Waals surface area (Å²) in [4.78, 5) is 28.0. The van der Waals surface area contributed by atoms with Crippen LogP contribution in [-0.4, -0.2) is 47.0 Å². The minimum atomic E-state index is -0.291. The maximum atomic E-state index is 13.2. The van der Waals surface area contributed by atoms with E-state index < -0.39 is 0 Å². The highest BCUT2D eigenvalue weighted by molar-refractivity contribution is 6.31. The molecule has 1 amide bonds. The average molecular weight is 474 g/mol. The van der Waals surface area contributed by atoms with Gasteiger partial charge in [0.1, 0.15) is 29.9 Å². The van der Waals surface area contributed by atoms with Crippen molar-refractivity contribution >= 4 is 29.1 Å². The Balaban J connectivity index is 1.70. The zero-order valence-corrected chi connectivity index (χ0v) is 19.9. The molecule has 2 atom stereocenters. The van der Waals surface area contributed by atoms with E-state index in [-0.39, 0.29) is 30.5 Å². The van der Waals surface area contributed by atoms with Crippen LogP contribution in [0.15, 0.2) is 48.2 Å². The number of carbonyl (C=O) groups excluding carboxylic acids is 2. The maximum absolute atomic E-state index is 13.2. The van der Waals surface area contributed by atoms with E-state index in [4.69, 9.17) is 16.3 Å². The second-order valence-corrected chi connectivity index (χ2v) is 8.69. The highest BCUT2D eigenvalue weighted by atomic mass is 35.5. The van der Waals surface area contributed by atoms with Crippen molar-refractivity contribution in [1.29, 1.82) is 0 Å². The first kappa shape index (κ1) is 24.8. The molecule has 0 saturated carbocycles. The topological polar surface area (TPSA) is 61.9 Å². The molecule has 33 heavy (non-hydrogen) atoms. The summed E-state index contributed by atoms with van der Waals surface area (Å²) in [5.74, 6) is 2.21. The van der Waals surface area contributed by atoms with Crippen LogP contribution in [0.3, 0.4) is 0 Å². The van der Waals surface area contributed by atoms with Gasteiger partial charge in [0, 0.05) is 30.6 Å². The zero-order valence-electron chi connectivity index (χ0n) is 19.1. The summed E-state index contributed by atoms with van der Waals surface area (Å²) < 4.78 is 19.3. The molecule has 1 N–H and O–H groups in total. The molecule has 0 spiro atoms. The fraction of sp³-hybridized carbons (Fsp3) is 0.400. The number of hydrogen-bond acceptors (Lipinski definition) is 5. The monoisotopic (exact) mass is 473 g/mol. The molecular formula is C25H29ClFN3O3. The molecule has 3 rings (SSSR count).